The molecule has 0 radical (unpaired) electrons. The first-order chi connectivity index (χ1) is 8.15. The number of carboxylic acids is 1. The fourth-order valence-corrected chi connectivity index (χ4v) is 1.97. The van der Waals surface area contributed by atoms with Crippen molar-refractivity contribution in [2.24, 2.45) is 0 Å². The minimum atomic E-state index is -1.95. The molecule has 0 spiro atoms. The molecule has 0 aromatic heterocycles. The lowest BCUT2D eigenvalue weighted by Crippen LogP contribution is -2.37. The highest BCUT2D eigenvalue weighted by Crippen LogP contribution is 2.32. The van der Waals surface area contributed by atoms with Gasteiger partial charge in [0.05, 0.1) is 0 Å². The maximum absolute atomic E-state index is 11.4. The molecule has 1 aromatic rings. The third kappa shape index (κ3) is 2.01. The molecule has 0 bridgehead atoms. The monoisotopic (exact) mass is 230 g/mol. The van der Waals surface area contributed by atoms with Crippen molar-refractivity contribution in [3.63, 3.8) is 0 Å². The molecule has 88 valence electrons. The molecule has 1 aliphatic rings. The maximum atomic E-state index is 11.4. The molecule has 3 heteroatoms. The second kappa shape index (κ2) is 4.55. The fourth-order valence-electron chi connectivity index (χ4n) is 1.97. The van der Waals surface area contributed by atoms with E-state index in [9.17, 15) is 15.0 Å². The van der Waals surface area contributed by atoms with Gasteiger partial charge in [0.2, 0.25) is 5.60 Å². The molecule has 1 atom stereocenters. The highest BCUT2D eigenvalue weighted by atomic mass is 16.4. The van der Waals surface area contributed by atoms with E-state index in [0.717, 1.165) is 12.8 Å². The zero-order chi connectivity index (χ0) is 12.3. The summed E-state index contributed by atoms with van der Waals surface area (Å²) in [5.74, 6) is -1.25. The maximum Gasteiger partial charge on any atom is 0.345 e. The first kappa shape index (κ1) is 11.6. The first-order valence-electron chi connectivity index (χ1n) is 5.54. The summed E-state index contributed by atoms with van der Waals surface area (Å²) in [5, 5.41) is 19.8. The quantitative estimate of drug-likeness (QED) is 0.837. The second-order valence-corrected chi connectivity index (χ2v) is 4.02. The van der Waals surface area contributed by atoms with E-state index in [1.807, 2.05) is 6.08 Å². The molecule has 3 nitrogen and oxygen atoms in total. The number of hydrogen-bond acceptors (Lipinski definition) is 2. The Labute approximate surface area is 99.7 Å². The Hall–Kier alpha value is -1.87. The van der Waals surface area contributed by atoms with E-state index in [2.05, 4.69) is 0 Å². The Bertz CT molecular complexity index is 474. The summed E-state index contributed by atoms with van der Waals surface area (Å²) in [7, 11) is 0. The Morgan fingerprint density at radius 1 is 1.18 bits per heavy atom. The van der Waals surface area contributed by atoms with Gasteiger partial charge in [0.15, 0.2) is 0 Å². The summed E-state index contributed by atoms with van der Waals surface area (Å²) < 4.78 is 0. The van der Waals surface area contributed by atoms with E-state index in [1.54, 1.807) is 42.5 Å². The number of carbonyl (C=O) groups is 1. The lowest BCUT2D eigenvalue weighted by atomic mass is 9.83. The molecule has 1 aromatic carbocycles. The molecule has 17 heavy (non-hydrogen) atoms. The summed E-state index contributed by atoms with van der Waals surface area (Å²) in [6.07, 6.45) is 6.99. The van der Waals surface area contributed by atoms with E-state index in [0.29, 0.717) is 11.1 Å². The first-order valence-corrected chi connectivity index (χ1v) is 5.54. The standard InChI is InChI=1S/C14H14O3/c15-13(16)14(17,11-7-3-1-4-8-11)12-9-5-2-6-10-12/h1,3-5,7-10,17H,2,6H2,(H,15,16)/t14-/m1/s1. The number of aliphatic hydroxyl groups is 1. The molecule has 2 N–H and O–H groups in total. The van der Waals surface area contributed by atoms with Crippen LogP contribution in [0.2, 0.25) is 0 Å². The van der Waals surface area contributed by atoms with Gasteiger partial charge in [-0.25, -0.2) is 4.79 Å². The summed E-state index contributed by atoms with van der Waals surface area (Å²) in [6, 6.07) is 8.47. The Kier molecular flexibility index (Phi) is 3.11. The summed E-state index contributed by atoms with van der Waals surface area (Å²) >= 11 is 0. The van der Waals surface area contributed by atoms with Crippen LogP contribution in [0.15, 0.2) is 54.1 Å². The van der Waals surface area contributed by atoms with E-state index < -0.39 is 11.6 Å². The summed E-state index contributed by atoms with van der Waals surface area (Å²) in [4.78, 5) is 11.4. The van der Waals surface area contributed by atoms with E-state index in [1.165, 1.54) is 0 Å². The van der Waals surface area contributed by atoms with Gasteiger partial charge in [-0.3, -0.25) is 0 Å². The average Bonchev–Trinajstić information content (AvgIpc) is 2.39. The van der Waals surface area contributed by atoms with Gasteiger partial charge in [-0.05, 0) is 24.0 Å². The predicted octanol–water partition coefficient (Wildman–Crippen LogP) is 2.24. The largest absolute Gasteiger partial charge is 0.479 e. The highest BCUT2D eigenvalue weighted by Gasteiger charge is 2.40. The van der Waals surface area contributed by atoms with Gasteiger partial charge in [-0.15, -0.1) is 0 Å². The van der Waals surface area contributed by atoms with Gasteiger partial charge >= 0.3 is 5.97 Å². The van der Waals surface area contributed by atoms with Crippen molar-refractivity contribution < 1.29 is 15.0 Å². The zero-order valence-corrected chi connectivity index (χ0v) is 9.34. The smallest absolute Gasteiger partial charge is 0.345 e. The minimum absolute atomic E-state index is 0.380. The number of hydrogen-bond donors (Lipinski definition) is 2. The number of aliphatic carboxylic acids is 1. The van der Waals surface area contributed by atoms with E-state index in [4.69, 9.17) is 0 Å². The summed E-state index contributed by atoms with van der Waals surface area (Å²) in [6.45, 7) is 0. The molecule has 1 aliphatic carbocycles. The van der Waals surface area contributed by atoms with Crippen molar-refractivity contribution in [2.75, 3.05) is 0 Å². The molecule has 0 heterocycles. The van der Waals surface area contributed by atoms with Crippen molar-refractivity contribution in [3.05, 3.63) is 59.7 Å². The average molecular weight is 230 g/mol. The molecule has 2 rings (SSSR count). The third-order valence-electron chi connectivity index (χ3n) is 2.91. The van der Waals surface area contributed by atoms with Crippen LogP contribution in [-0.2, 0) is 10.4 Å². The van der Waals surface area contributed by atoms with Crippen LogP contribution in [0, 0.1) is 0 Å². The van der Waals surface area contributed by atoms with Crippen molar-refractivity contribution in [1.82, 2.24) is 0 Å². The van der Waals surface area contributed by atoms with Gasteiger partial charge in [0, 0.05) is 0 Å². The van der Waals surface area contributed by atoms with Crippen LogP contribution >= 0.6 is 0 Å². The highest BCUT2D eigenvalue weighted by molar-refractivity contribution is 5.84. The van der Waals surface area contributed by atoms with Gasteiger partial charge in [-0.2, -0.15) is 0 Å². The van der Waals surface area contributed by atoms with Gasteiger partial charge in [0.25, 0.3) is 0 Å². The molecule has 0 fully saturated rings. The van der Waals surface area contributed by atoms with Crippen molar-refractivity contribution in [1.29, 1.82) is 0 Å². The molecule has 0 aliphatic heterocycles. The van der Waals surface area contributed by atoms with Crippen molar-refractivity contribution >= 4 is 5.97 Å². The SMILES string of the molecule is O=C(O)[C@](O)(C1=CCCC=C1)c1ccccc1. The van der Waals surface area contributed by atoms with Crippen LogP contribution in [0.4, 0.5) is 0 Å². The number of carboxylic acid groups (broad SMARTS) is 1. The summed E-state index contributed by atoms with van der Waals surface area (Å²) in [5.41, 5.74) is -1.13. The number of rotatable bonds is 3. The Balaban J connectivity index is 2.50. The molecule has 0 amide bonds. The van der Waals surface area contributed by atoms with Crippen molar-refractivity contribution in [2.45, 2.75) is 18.4 Å². The van der Waals surface area contributed by atoms with E-state index >= 15 is 0 Å². The van der Waals surface area contributed by atoms with Crippen LogP contribution in [-0.4, -0.2) is 16.2 Å². The fraction of sp³-hybridized carbons (Fsp3) is 0.214. The molecule has 0 saturated heterocycles. The zero-order valence-electron chi connectivity index (χ0n) is 9.34. The molecule has 0 unspecified atom stereocenters. The van der Waals surface area contributed by atoms with Gasteiger partial charge in [-0.1, -0.05) is 48.6 Å². The van der Waals surface area contributed by atoms with Crippen LogP contribution in [0.5, 0.6) is 0 Å². The molecular weight excluding hydrogens is 216 g/mol. The number of benzene rings is 1. The van der Waals surface area contributed by atoms with Crippen LogP contribution in [0.1, 0.15) is 18.4 Å². The predicted molar refractivity (Wildman–Crippen MR) is 64.4 cm³/mol. The van der Waals surface area contributed by atoms with Gasteiger partial charge in [0.1, 0.15) is 0 Å². The molecule has 0 saturated carbocycles. The molecular formula is C14H14O3. The third-order valence-corrected chi connectivity index (χ3v) is 2.91. The van der Waals surface area contributed by atoms with Crippen LogP contribution < -0.4 is 0 Å². The topological polar surface area (TPSA) is 57.5 Å². The Morgan fingerprint density at radius 3 is 2.41 bits per heavy atom. The van der Waals surface area contributed by atoms with Crippen LogP contribution in [0.3, 0.4) is 0 Å². The normalized spacial score (nSPS) is 18.3. The van der Waals surface area contributed by atoms with E-state index in [-0.39, 0.29) is 0 Å². The van der Waals surface area contributed by atoms with Crippen molar-refractivity contribution in [3.8, 4) is 0 Å². The lowest BCUT2D eigenvalue weighted by molar-refractivity contribution is -0.155. The minimum Gasteiger partial charge on any atom is -0.479 e. The van der Waals surface area contributed by atoms with Gasteiger partial charge < -0.3 is 10.2 Å². The lowest BCUT2D eigenvalue weighted by Gasteiger charge is -2.26. The Morgan fingerprint density at radius 2 is 1.88 bits per heavy atom. The van der Waals surface area contributed by atoms with Crippen LogP contribution in [0.25, 0.3) is 0 Å². The second-order valence-electron chi connectivity index (χ2n) is 4.02. The number of allylic oxidation sites excluding steroid dienone is 2.